The second-order valence-corrected chi connectivity index (χ2v) is 9.25. The number of hydrogen-bond donors (Lipinski definition) is 1. The van der Waals surface area contributed by atoms with Crippen LogP contribution < -0.4 is 4.90 Å². The van der Waals surface area contributed by atoms with Crippen LogP contribution in [0.5, 0.6) is 0 Å². The Morgan fingerprint density at radius 2 is 1.41 bits per heavy atom. The van der Waals surface area contributed by atoms with Crippen molar-refractivity contribution >= 4 is 33.7 Å². The van der Waals surface area contributed by atoms with Crippen LogP contribution in [0, 0.1) is 5.92 Å². The number of benzene rings is 3. The van der Waals surface area contributed by atoms with Crippen molar-refractivity contribution in [3.05, 3.63) is 54.1 Å². The van der Waals surface area contributed by atoms with Crippen LogP contribution in [-0.2, 0) is 9.53 Å². The summed E-state index contributed by atoms with van der Waals surface area (Å²) in [6.07, 6.45) is 4.22. The van der Waals surface area contributed by atoms with E-state index in [-0.39, 0.29) is 0 Å². The number of carbonyl (C=O) groups is 1. The van der Waals surface area contributed by atoms with Crippen LogP contribution in [0.3, 0.4) is 0 Å². The normalized spacial score (nSPS) is 19.0. The van der Waals surface area contributed by atoms with Crippen molar-refractivity contribution in [2.75, 3.05) is 44.4 Å². The first-order chi connectivity index (χ1) is 15.8. The summed E-state index contributed by atoms with van der Waals surface area (Å²) in [5.74, 6) is 0.919. The van der Waals surface area contributed by atoms with Crippen LogP contribution in [0.2, 0.25) is 0 Å². The maximum Gasteiger partial charge on any atom is 0.294 e. The number of aliphatic hydroxyl groups is 1. The van der Waals surface area contributed by atoms with Gasteiger partial charge in [-0.3, -0.25) is 9.69 Å². The molecule has 1 N–H and O–H groups in total. The molecule has 0 amide bonds. The van der Waals surface area contributed by atoms with Gasteiger partial charge < -0.3 is 14.7 Å². The summed E-state index contributed by atoms with van der Waals surface area (Å²) in [7, 11) is 0. The second-order valence-electron chi connectivity index (χ2n) is 9.25. The zero-order valence-electron chi connectivity index (χ0n) is 18.6. The molecule has 3 aromatic carbocycles. The number of nitrogens with zero attached hydrogens (tertiary/aromatic N) is 2. The predicted octanol–water partition coefficient (Wildman–Crippen LogP) is 4.51. The Hall–Kier alpha value is -2.63. The van der Waals surface area contributed by atoms with Crippen molar-refractivity contribution < 1.29 is 14.6 Å². The lowest BCUT2D eigenvalue weighted by Gasteiger charge is -2.36. The molecule has 0 saturated carbocycles. The van der Waals surface area contributed by atoms with Crippen molar-refractivity contribution in [2.45, 2.75) is 31.6 Å². The fourth-order valence-corrected chi connectivity index (χ4v) is 5.75. The van der Waals surface area contributed by atoms with E-state index in [1.165, 1.54) is 32.8 Å². The van der Waals surface area contributed by atoms with Crippen LogP contribution in [0.25, 0.3) is 21.5 Å². The van der Waals surface area contributed by atoms with E-state index in [2.05, 4.69) is 58.3 Å². The number of aliphatic hydroxyl groups excluding tert-OH is 1. The summed E-state index contributed by atoms with van der Waals surface area (Å²) in [6.45, 7) is 5.09. The predicted molar refractivity (Wildman–Crippen MR) is 129 cm³/mol. The molecule has 5 rings (SSSR count). The number of carbonyl (C=O) groups excluding carboxylic acids is 1. The highest BCUT2D eigenvalue weighted by Gasteiger charge is 2.27. The lowest BCUT2D eigenvalue weighted by molar-refractivity contribution is -0.133. The number of fused-ring (bicyclic) bond motifs is 2. The molecule has 0 spiro atoms. The van der Waals surface area contributed by atoms with E-state index in [9.17, 15) is 9.90 Å². The number of hydrogen-bond acceptors (Lipinski definition) is 5. The average molecular weight is 433 g/mol. The van der Waals surface area contributed by atoms with Gasteiger partial charge in [-0.15, -0.1) is 0 Å². The van der Waals surface area contributed by atoms with Gasteiger partial charge >= 0.3 is 0 Å². The topological polar surface area (TPSA) is 53.0 Å². The van der Waals surface area contributed by atoms with Gasteiger partial charge in [-0.1, -0.05) is 48.5 Å². The maximum absolute atomic E-state index is 10.6. The zero-order valence-corrected chi connectivity index (χ0v) is 18.6. The Bertz CT molecular complexity index is 1030. The lowest BCUT2D eigenvalue weighted by Crippen LogP contribution is -2.35. The minimum atomic E-state index is 0.296. The molecule has 0 aliphatic carbocycles. The largest absolute Gasteiger partial charge is 0.452 e. The lowest BCUT2D eigenvalue weighted by atomic mass is 9.82. The molecule has 0 unspecified atom stereocenters. The van der Waals surface area contributed by atoms with E-state index in [0.717, 1.165) is 51.9 Å². The molecule has 32 heavy (non-hydrogen) atoms. The Balaban J connectivity index is 1.57. The molecule has 5 heteroatoms. The summed E-state index contributed by atoms with van der Waals surface area (Å²) in [5, 5.41) is 15.0. The molecule has 2 heterocycles. The van der Waals surface area contributed by atoms with Crippen molar-refractivity contribution in [2.24, 2.45) is 5.92 Å². The van der Waals surface area contributed by atoms with Gasteiger partial charge in [-0.05, 0) is 53.9 Å². The molecular weight excluding hydrogens is 400 g/mol. The molecule has 2 fully saturated rings. The molecule has 168 valence electrons. The third-order valence-corrected chi connectivity index (χ3v) is 7.45. The average Bonchev–Trinajstić information content (AvgIpc) is 2.86. The maximum atomic E-state index is 10.6. The quantitative estimate of drug-likeness (QED) is 0.459. The fourth-order valence-electron chi connectivity index (χ4n) is 5.75. The molecule has 0 bridgehead atoms. The van der Waals surface area contributed by atoms with Crippen LogP contribution in [0.15, 0.2) is 48.5 Å². The number of anilines is 1. The molecular formula is C27H32N2O3. The van der Waals surface area contributed by atoms with Crippen molar-refractivity contribution in [3.63, 3.8) is 0 Å². The van der Waals surface area contributed by atoms with Gasteiger partial charge in [0.2, 0.25) is 0 Å². The molecule has 0 radical (unpaired) electrons. The van der Waals surface area contributed by atoms with E-state index in [4.69, 9.17) is 4.74 Å². The minimum absolute atomic E-state index is 0.296. The Morgan fingerprint density at radius 3 is 1.94 bits per heavy atom. The minimum Gasteiger partial charge on any atom is -0.452 e. The summed E-state index contributed by atoms with van der Waals surface area (Å²) in [4.78, 5) is 15.3. The summed E-state index contributed by atoms with van der Waals surface area (Å²) >= 11 is 0. The van der Waals surface area contributed by atoms with Crippen LogP contribution >= 0.6 is 0 Å². The SMILES string of the molecule is O=COCN1CCC(c2c3ccccc3c(N3CCC(CO)CC3)c3ccccc23)CC1. The highest BCUT2D eigenvalue weighted by Crippen LogP contribution is 2.44. The zero-order chi connectivity index (χ0) is 21.9. The Labute approximate surface area is 189 Å². The first-order valence-corrected chi connectivity index (χ1v) is 11.9. The summed E-state index contributed by atoms with van der Waals surface area (Å²) in [6, 6.07) is 17.8. The van der Waals surface area contributed by atoms with Gasteiger partial charge in [0.05, 0.1) is 5.69 Å². The van der Waals surface area contributed by atoms with E-state index in [0.29, 0.717) is 31.6 Å². The van der Waals surface area contributed by atoms with Crippen molar-refractivity contribution in [3.8, 4) is 0 Å². The Morgan fingerprint density at radius 1 is 0.844 bits per heavy atom. The first kappa shape index (κ1) is 21.2. The third-order valence-electron chi connectivity index (χ3n) is 7.45. The van der Waals surface area contributed by atoms with E-state index in [1.54, 1.807) is 0 Å². The van der Waals surface area contributed by atoms with Crippen LogP contribution in [0.4, 0.5) is 5.69 Å². The van der Waals surface area contributed by atoms with E-state index >= 15 is 0 Å². The van der Waals surface area contributed by atoms with Gasteiger partial charge in [0, 0.05) is 43.6 Å². The van der Waals surface area contributed by atoms with Crippen LogP contribution in [-0.4, -0.2) is 56.0 Å². The molecule has 5 nitrogen and oxygen atoms in total. The molecule has 0 atom stereocenters. The number of likely N-dealkylation sites (tertiary alicyclic amines) is 1. The highest BCUT2D eigenvalue weighted by atomic mass is 16.5. The van der Waals surface area contributed by atoms with Gasteiger partial charge in [-0.25, -0.2) is 0 Å². The third kappa shape index (κ3) is 3.96. The number of ether oxygens (including phenoxy) is 1. The molecule has 2 saturated heterocycles. The van der Waals surface area contributed by atoms with Gasteiger partial charge in [0.15, 0.2) is 0 Å². The Kier molecular flexibility index (Phi) is 6.28. The van der Waals surface area contributed by atoms with Gasteiger partial charge in [0.25, 0.3) is 6.47 Å². The highest BCUT2D eigenvalue weighted by molar-refractivity contribution is 6.14. The van der Waals surface area contributed by atoms with Crippen molar-refractivity contribution in [1.82, 2.24) is 4.90 Å². The van der Waals surface area contributed by atoms with E-state index in [1.807, 2.05) is 0 Å². The molecule has 3 aromatic rings. The number of rotatable bonds is 6. The summed E-state index contributed by atoms with van der Waals surface area (Å²) < 4.78 is 4.98. The first-order valence-electron chi connectivity index (χ1n) is 11.9. The smallest absolute Gasteiger partial charge is 0.294 e. The molecule has 0 aromatic heterocycles. The molecule has 2 aliphatic rings. The number of piperidine rings is 2. The standard InChI is InChI=1S/C27H32N2O3/c30-17-20-9-15-29(16-10-20)27-24-7-3-1-5-22(24)26(23-6-2-4-8-25(23)27)21-11-13-28(14-12-21)18-32-19-31/h1-8,19-21,30H,9-18H2. The van der Waals surface area contributed by atoms with Gasteiger partial charge in [-0.2, -0.15) is 0 Å². The van der Waals surface area contributed by atoms with Gasteiger partial charge in [0.1, 0.15) is 6.73 Å². The van der Waals surface area contributed by atoms with Crippen molar-refractivity contribution in [1.29, 1.82) is 0 Å². The van der Waals surface area contributed by atoms with E-state index < -0.39 is 0 Å². The molecule has 2 aliphatic heterocycles. The summed E-state index contributed by atoms with van der Waals surface area (Å²) in [5.41, 5.74) is 2.83. The second kappa shape index (κ2) is 9.47. The monoisotopic (exact) mass is 432 g/mol. The van der Waals surface area contributed by atoms with Crippen LogP contribution in [0.1, 0.15) is 37.2 Å². The fraction of sp³-hybridized carbons (Fsp3) is 0.444.